The topological polar surface area (TPSA) is 64.1 Å². The summed E-state index contributed by atoms with van der Waals surface area (Å²) in [6.07, 6.45) is 8.18. The Balaban J connectivity index is 1.94. The number of nitrogens with zero attached hydrogens (tertiary/aromatic N) is 2. The largest absolute Gasteiger partial charge is 0.469 e. The lowest BCUT2D eigenvalue weighted by molar-refractivity contribution is -0.148. The van der Waals surface area contributed by atoms with Crippen LogP contribution in [0.2, 0.25) is 5.28 Å². The van der Waals surface area contributed by atoms with Gasteiger partial charge >= 0.3 is 5.97 Å². The molecule has 0 amide bonds. The van der Waals surface area contributed by atoms with Gasteiger partial charge in [0.15, 0.2) is 11.6 Å². The van der Waals surface area contributed by atoms with Crippen molar-refractivity contribution in [2.75, 3.05) is 12.4 Å². The number of hydrogen-bond acceptors (Lipinski definition) is 5. The second-order valence-electron chi connectivity index (χ2n) is 6.55. The summed E-state index contributed by atoms with van der Waals surface area (Å²) in [4.78, 5) is 19.8. The molecule has 126 valence electrons. The van der Waals surface area contributed by atoms with E-state index in [4.69, 9.17) is 16.3 Å². The maximum Gasteiger partial charge on any atom is 0.310 e. The van der Waals surface area contributed by atoms with Crippen molar-refractivity contribution in [3.8, 4) is 0 Å². The molecule has 2 atom stereocenters. The first-order valence-corrected chi connectivity index (χ1v) is 8.46. The number of rotatable bonds is 3. The Labute approximate surface area is 140 Å². The van der Waals surface area contributed by atoms with Gasteiger partial charge in [0.1, 0.15) is 0 Å². The molecule has 1 aromatic heterocycles. The molecular formula is C16H21ClFN3O2. The monoisotopic (exact) mass is 341 g/mol. The summed E-state index contributed by atoms with van der Waals surface area (Å²) in [6.45, 7) is 0. The molecule has 5 nitrogen and oxygen atoms in total. The Morgan fingerprint density at radius 3 is 2.78 bits per heavy atom. The zero-order chi connectivity index (χ0) is 16.4. The molecule has 2 fully saturated rings. The average molecular weight is 342 g/mol. The number of halogens is 2. The molecule has 1 N–H and O–H groups in total. The summed E-state index contributed by atoms with van der Waals surface area (Å²) >= 11 is 5.79. The number of hydrogen-bond donors (Lipinski definition) is 1. The first-order chi connectivity index (χ1) is 11.1. The highest BCUT2D eigenvalue weighted by atomic mass is 35.5. The first kappa shape index (κ1) is 16.4. The molecule has 0 bridgehead atoms. The van der Waals surface area contributed by atoms with Crippen LogP contribution >= 0.6 is 11.6 Å². The number of anilines is 1. The smallest absolute Gasteiger partial charge is 0.310 e. The van der Waals surface area contributed by atoms with E-state index in [1.165, 1.54) is 7.11 Å². The number of carbonyl (C=O) groups is 1. The third kappa shape index (κ3) is 3.13. The fourth-order valence-electron chi connectivity index (χ4n) is 4.32. The maximum atomic E-state index is 14.0. The van der Waals surface area contributed by atoms with E-state index in [-0.39, 0.29) is 34.4 Å². The molecule has 2 aliphatic carbocycles. The zero-order valence-corrected chi connectivity index (χ0v) is 13.9. The van der Waals surface area contributed by atoms with Gasteiger partial charge in [-0.25, -0.2) is 9.37 Å². The zero-order valence-electron chi connectivity index (χ0n) is 13.1. The Bertz CT molecular complexity index is 593. The quantitative estimate of drug-likeness (QED) is 0.672. The van der Waals surface area contributed by atoms with E-state index in [1.54, 1.807) is 0 Å². The third-order valence-electron chi connectivity index (χ3n) is 5.36. The molecule has 1 aromatic rings. The van der Waals surface area contributed by atoms with Crippen molar-refractivity contribution in [2.24, 2.45) is 11.3 Å². The van der Waals surface area contributed by atoms with Crippen LogP contribution in [0, 0.1) is 17.2 Å². The molecule has 0 saturated heterocycles. The molecule has 0 radical (unpaired) electrons. The number of aromatic nitrogens is 2. The van der Waals surface area contributed by atoms with Gasteiger partial charge in [-0.3, -0.25) is 4.79 Å². The molecule has 23 heavy (non-hydrogen) atoms. The molecule has 7 heteroatoms. The highest BCUT2D eigenvalue weighted by molar-refractivity contribution is 6.28. The third-order valence-corrected chi connectivity index (χ3v) is 5.54. The van der Waals surface area contributed by atoms with E-state index >= 15 is 0 Å². The standard InChI is InChI=1S/C16H21ClFN3O2/c1-23-14(22)10-5-4-8-16(6-2-3-7-16)12(10)20-13-11(18)9-19-15(17)21-13/h9-10,12H,2-8H2,1H3,(H,19,20,21)/t10-,12-/m0/s1. The number of nitrogens with one attached hydrogen (secondary N) is 1. The minimum atomic E-state index is -0.559. The minimum Gasteiger partial charge on any atom is -0.469 e. The first-order valence-electron chi connectivity index (χ1n) is 8.08. The summed E-state index contributed by atoms with van der Waals surface area (Å²) < 4.78 is 19.0. The van der Waals surface area contributed by atoms with Gasteiger partial charge in [0.2, 0.25) is 5.28 Å². The normalized spacial score (nSPS) is 26.2. The molecule has 0 aliphatic heterocycles. The number of ether oxygens (including phenoxy) is 1. The van der Waals surface area contributed by atoms with E-state index in [1.807, 2.05) is 0 Å². The minimum absolute atomic E-state index is 0.000965. The van der Waals surface area contributed by atoms with Gasteiger partial charge < -0.3 is 10.1 Å². The Morgan fingerprint density at radius 1 is 1.39 bits per heavy atom. The van der Waals surface area contributed by atoms with Gasteiger partial charge in [-0.2, -0.15) is 4.98 Å². The van der Waals surface area contributed by atoms with Crippen LogP contribution in [0.25, 0.3) is 0 Å². The lowest BCUT2D eigenvalue weighted by Crippen LogP contribution is -2.50. The van der Waals surface area contributed by atoms with Crippen molar-refractivity contribution < 1.29 is 13.9 Å². The van der Waals surface area contributed by atoms with Gasteiger partial charge in [-0.1, -0.05) is 19.3 Å². The summed E-state index contributed by atoms with van der Waals surface area (Å²) in [5, 5.41) is 3.16. The van der Waals surface area contributed by atoms with Gasteiger partial charge in [-0.15, -0.1) is 0 Å². The summed E-state index contributed by atoms with van der Waals surface area (Å²) in [6, 6.07) is -0.188. The molecule has 0 aromatic carbocycles. The average Bonchev–Trinajstić information content (AvgIpc) is 3.01. The fourth-order valence-corrected chi connectivity index (χ4v) is 4.45. The van der Waals surface area contributed by atoms with E-state index in [0.29, 0.717) is 0 Å². The van der Waals surface area contributed by atoms with Crippen molar-refractivity contribution in [2.45, 2.75) is 51.0 Å². The van der Waals surface area contributed by atoms with E-state index in [2.05, 4.69) is 15.3 Å². The van der Waals surface area contributed by atoms with E-state index in [0.717, 1.165) is 51.1 Å². The van der Waals surface area contributed by atoms with Gasteiger partial charge in [0.05, 0.1) is 19.2 Å². The number of esters is 1. The van der Waals surface area contributed by atoms with Crippen LogP contribution in [0.1, 0.15) is 44.9 Å². The van der Waals surface area contributed by atoms with Crippen LogP contribution < -0.4 is 5.32 Å². The van der Waals surface area contributed by atoms with E-state index < -0.39 is 5.82 Å². The summed E-state index contributed by atoms with van der Waals surface area (Å²) in [7, 11) is 1.40. The van der Waals surface area contributed by atoms with Crippen molar-refractivity contribution in [1.29, 1.82) is 0 Å². The van der Waals surface area contributed by atoms with Crippen molar-refractivity contribution in [1.82, 2.24) is 9.97 Å². The Morgan fingerprint density at radius 2 is 2.09 bits per heavy atom. The van der Waals surface area contributed by atoms with Crippen LogP contribution in [0.15, 0.2) is 6.20 Å². The summed E-state index contributed by atoms with van der Waals surface area (Å²) in [5.74, 6) is -1.03. The van der Waals surface area contributed by atoms with Crippen LogP contribution in [-0.2, 0) is 9.53 Å². The predicted molar refractivity (Wildman–Crippen MR) is 84.7 cm³/mol. The lowest BCUT2D eigenvalue weighted by Gasteiger charge is -2.45. The van der Waals surface area contributed by atoms with Gasteiger partial charge in [-0.05, 0) is 42.7 Å². The molecular weight excluding hydrogens is 321 g/mol. The van der Waals surface area contributed by atoms with Crippen LogP contribution in [0.3, 0.4) is 0 Å². The van der Waals surface area contributed by atoms with Crippen molar-refractivity contribution >= 4 is 23.4 Å². The molecule has 0 unspecified atom stereocenters. The fraction of sp³-hybridized carbons (Fsp3) is 0.688. The predicted octanol–water partition coefficient (Wildman–Crippen LogP) is 3.58. The van der Waals surface area contributed by atoms with Gasteiger partial charge in [0, 0.05) is 6.04 Å². The Hall–Kier alpha value is -1.43. The molecule has 1 heterocycles. The van der Waals surface area contributed by atoms with Crippen molar-refractivity contribution in [3.05, 3.63) is 17.3 Å². The van der Waals surface area contributed by atoms with E-state index in [9.17, 15) is 9.18 Å². The van der Waals surface area contributed by atoms with Crippen molar-refractivity contribution in [3.63, 3.8) is 0 Å². The van der Waals surface area contributed by atoms with Crippen LogP contribution in [0.5, 0.6) is 0 Å². The second kappa shape index (κ2) is 6.59. The highest BCUT2D eigenvalue weighted by Gasteiger charge is 2.50. The maximum absolute atomic E-state index is 14.0. The number of methoxy groups -OCH3 is 1. The molecule has 1 spiro atoms. The second-order valence-corrected chi connectivity index (χ2v) is 6.89. The molecule has 2 saturated carbocycles. The summed E-state index contributed by atoms with van der Waals surface area (Å²) in [5.41, 5.74) is 0.000965. The van der Waals surface area contributed by atoms with Crippen LogP contribution in [0.4, 0.5) is 10.2 Å². The molecule has 2 aliphatic rings. The van der Waals surface area contributed by atoms with Gasteiger partial charge in [0.25, 0.3) is 0 Å². The SMILES string of the molecule is COC(=O)[C@H]1CCCC2(CCCC2)[C@H]1Nc1nc(Cl)ncc1F. The Kier molecular flexibility index (Phi) is 4.71. The highest BCUT2D eigenvalue weighted by Crippen LogP contribution is 2.52. The lowest BCUT2D eigenvalue weighted by atomic mass is 9.64. The molecule has 3 rings (SSSR count). The number of carbonyl (C=O) groups excluding carboxylic acids is 1. The van der Waals surface area contributed by atoms with Crippen LogP contribution in [-0.4, -0.2) is 29.1 Å².